The fourth-order valence-corrected chi connectivity index (χ4v) is 1.91. The van der Waals surface area contributed by atoms with Crippen LogP contribution in [0.5, 0.6) is 0 Å². The molecule has 0 bridgehead atoms. The second kappa shape index (κ2) is 5.05. The normalized spacial score (nSPS) is 11.4. The average Bonchev–Trinajstić information content (AvgIpc) is 2.38. The Morgan fingerprint density at radius 2 is 1.68 bits per heavy atom. The monoisotopic (exact) mass is 284 g/mol. The minimum Gasteiger partial charge on any atom is -0.276 e. The van der Waals surface area contributed by atoms with Crippen molar-refractivity contribution < 1.29 is 18.0 Å². The average molecular weight is 285 g/mol. The Morgan fingerprint density at radius 3 is 2.32 bits per heavy atom. The van der Waals surface area contributed by atoms with E-state index in [1.807, 2.05) is 0 Å². The summed E-state index contributed by atoms with van der Waals surface area (Å²) >= 11 is 5.33. The number of hydrogen-bond acceptors (Lipinski definition) is 1. The van der Waals surface area contributed by atoms with Crippen molar-refractivity contribution in [2.75, 3.05) is 0 Å². The summed E-state index contributed by atoms with van der Waals surface area (Å²) in [6, 6.07) is 11.0. The van der Waals surface area contributed by atoms with E-state index < -0.39 is 17.0 Å². The standard InChI is InChI=1S/C14H8ClF3O/c15-13(19)10-5-3-4-9(8-10)11-6-1-2-7-12(11)14(16,17)18/h1-8H. The second-order valence-corrected chi connectivity index (χ2v) is 4.24. The SMILES string of the molecule is O=C(Cl)c1cccc(-c2ccccc2C(F)(F)F)c1. The van der Waals surface area contributed by atoms with Crippen LogP contribution in [-0.4, -0.2) is 5.24 Å². The Kier molecular flexibility index (Phi) is 3.62. The third-order valence-electron chi connectivity index (χ3n) is 2.63. The van der Waals surface area contributed by atoms with E-state index in [1.54, 1.807) is 0 Å². The van der Waals surface area contributed by atoms with Gasteiger partial charge in [-0.1, -0.05) is 36.4 Å². The molecule has 0 atom stereocenters. The van der Waals surface area contributed by atoms with E-state index in [2.05, 4.69) is 0 Å². The molecule has 0 fully saturated rings. The molecule has 2 rings (SSSR count). The van der Waals surface area contributed by atoms with E-state index in [0.29, 0.717) is 5.56 Å². The van der Waals surface area contributed by atoms with Gasteiger partial charge in [0.1, 0.15) is 0 Å². The zero-order chi connectivity index (χ0) is 14.0. The number of hydrogen-bond donors (Lipinski definition) is 0. The van der Waals surface area contributed by atoms with Gasteiger partial charge in [-0.2, -0.15) is 13.2 Å². The molecule has 0 unspecified atom stereocenters. The van der Waals surface area contributed by atoms with Crippen LogP contribution in [0.1, 0.15) is 15.9 Å². The minimum atomic E-state index is -4.45. The van der Waals surface area contributed by atoms with Crippen molar-refractivity contribution in [1.29, 1.82) is 0 Å². The van der Waals surface area contributed by atoms with E-state index in [4.69, 9.17) is 11.6 Å². The van der Waals surface area contributed by atoms with Crippen molar-refractivity contribution in [2.24, 2.45) is 0 Å². The summed E-state index contributed by atoms with van der Waals surface area (Å²) < 4.78 is 38.7. The van der Waals surface area contributed by atoms with E-state index in [9.17, 15) is 18.0 Å². The molecule has 0 heterocycles. The molecule has 0 saturated carbocycles. The first-order valence-electron chi connectivity index (χ1n) is 5.36. The quantitative estimate of drug-likeness (QED) is 0.727. The Balaban J connectivity index is 2.60. The summed E-state index contributed by atoms with van der Waals surface area (Å²) in [4.78, 5) is 11.1. The van der Waals surface area contributed by atoms with Gasteiger partial charge in [-0.15, -0.1) is 0 Å². The van der Waals surface area contributed by atoms with E-state index >= 15 is 0 Å². The fourth-order valence-electron chi connectivity index (χ4n) is 1.79. The molecule has 98 valence electrons. The summed E-state index contributed by atoms with van der Waals surface area (Å²) in [6.45, 7) is 0. The van der Waals surface area contributed by atoms with Crippen LogP contribution in [0, 0.1) is 0 Å². The number of alkyl halides is 3. The summed E-state index contributed by atoms with van der Waals surface area (Å²) in [7, 11) is 0. The summed E-state index contributed by atoms with van der Waals surface area (Å²) in [5.74, 6) is 0. The molecule has 0 aliphatic carbocycles. The summed E-state index contributed by atoms with van der Waals surface area (Å²) in [6.07, 6.45) is -4.45. The third kappa shape index (κ3) is 2.96. The van der Waals surface area contributed by atoms with Crippen LogP contribution in [0.15, 0.2) is 48.5 Å². The van der Waals surface area contributed by atoms with Crippen LogP contribution in [-0.2, 0) is 6.18 Å². The lowest BCUT2D eigenvalue weighted by Crippen LogP contribution is -2.07. The summed E-state index contributed by atoms with van der Waals surface area (Å²) in [5, 5.41) is -0.702. The minimum absolute atomic E-state index is 0.0229. The molecule has 2 aromatic rings. The molecule has 0 saturated heterocycles. The molecular weight excluding hydrogens is 277 g/mol. The van der Waals surface area contributed by atoms with E-state index in [0.717, 1.165) is 6.07 Å². The van der Waals surface area contributed by atoms with Crippen molar-refractivity contribution in [3.8, 4) is 11.1 Å². The third-order valence-corrected chi connectivity index (χ3v) is 2.85. The first kappa shape index (κ1) is 13.6. The Hall–Kier alpha value is -1.81. The van der Waals surface area contributed by atoms with Gasteiger partial charge in [0.25, 0.3) is 5.24 Å². The van der Waals surface area contributed by atoms with Gasteiger partial charge in [-0.25, -0.2) is 0 Å². The van der Waals surface area contributed by atoms with Crippen molar-refractivity contribution >= 4 is 16.8 Å². The predicted octanol–water partition coefficient (Wildman–Crippen LogP) is 4.75. The predicted molar refractivity (Wildman–Crippen MR) is 67.1 cm³/mol. The smallest absolute Gasteiger partial charge is 0.276 e. The molecule has 19 heavy (non-hydrogen) atoms. The fraction of sp³-hybridized carbons (Fsp3) is 0.0714. The Labute approximate surface area is 112 Å². The maximum absolute atomic E-state index is 12.9. The van der Waals surface area contributed by atoms with Crippen LogP contribution in [0.2, 0.25) is 0 Å². The first-order chi connectivity index (χ1) is 8.89. The number of carbonyl (C=O) groups excluding carboxylic acids is 1. The van der Waals surface area contributed by atoms with Gasteiger partial charge >= 0.3 is 6.18 Å². The first-order valence-corrected chi connectivity index (χ1v) is 5.74. The van der Waals surface area contributed by atoms with E-state index in [1.165, 1.54) is 42.5 Å². The Morgan fingerprint density at radius 1 is 1.00 bits per heavy atom. The highest BCUT2D eigenvalue weighted by molar-refractivity contribution is 6.67. The number of rotatable bonds is 2. The number of halogens is 4. The van der Waals surface area contributed by atoms with Crippen molar-refractivity contribution in [1.82, 2.24) is 0 Å². The van der Waals surface area contributed by atoms with Crippen LogP contribution >= 0.6 is 11.6 Å². The molecule has 1 nitrogen and oxygen atoms in total. The molecule has 0 spiro atoms. The lowest BCUT2D eigenvalue weighted by Gasteiger charge is -2.13. The molecule has 0 aromatic heterocycles. The van der Waals surface area contributed by atoms with Gasteiger partial charge in [0.05, 0.1) is 5.56 Å². The molecule has 2 aromatic carbocycles. The maximum atomic E-state index is 12.9. The molecule has 0 N–H and O–H groups in total. The maximum Gasteiger partial charge on any atom is 0.417 e. The number of benzene rings is 2. The van der Waals surface area contributed by atoms with Crippen LogP contribution in [0.3, 0.4) is 0 Å². The van der Waals surface area contributed by atoms with Crippen LogP contribution in [0.4, 0.5) is 13.2 Å². The largest absolute Gasteiger partial charge is 0.417 e. The van der Waals surface area contributed by atoms with Gasteiger partial charge in [-0.3, -0.25) is 4.79 Å². The van der Waals surface area contributed by atoms with E-state index in [-0.39, 0.29) is 11.1 Å². The van der Waals surface area contributed by atoms with Crippen LogP contribution in [0.25, 0.3) is 11.1 Å². The molecule has 5 heteroatoms. The van der Waals surface area contributed by atoms with Crippen molar-refractivity contribution in [2.45, 2.75) is 6.18 Å². The zero-order valence-corrected chi connectivity index (χ0v) is 10.3. The van der Waals surface area contributed by atoms with Crippen LogP contribution < -0.4 is 0 Å². The molecule has 0 aliphatic rings. The van der Waals surface area contributed by atoms with Gasteiger partial charge in [-0.05, 0) is 34.9 Å². The highest BCUT2D eigenvalue weighted by atomic mass is 35.5. The highest BCUT2D eigenvalue weighted by Gasteiger charge is 2.33. The molecular formula is C14H8ClF3O. The second-order valence-electron chi connectivity index (χ2n) is 3.90. The molecule has 0 amide bonds. The van der Waals surface area contributed by atoms with Gasteiger partial charge in [0.2, 0.25) is 0 Å². The zero-order valence-electron chi connectivity index (χ0n) is 9.54. The molecule has 0 radical (unpaired) electrons. The Bertz CT molecular complexity index is 620. The van der Waals surface area contributed by atoms with Gasteiger partial charge in [0, 0.05) is 5.56 Å². The highest BCUT2D eigenvalue weighted by Crippen LogP contribution is 2.37. The molecule has 0 aliphatic heterocycles. The van der Waals surface area contributed by atoms with Crippen molar-refractivity contribution in [3.05, 3.63) is 59.7 Å². The number of carbonyl (C=O) groups is 1. The summed E-state index contributed by atoms with van der Waals surface area (Å²) in [5.41, 5.74) is -0.250. The van der Waals surface area contributed by atoms with Gasteiger partial charge < -0.3 is 0 Å². The van der Waals surface area contributed by atoms with Gasteiger partial charge in [0.15, 0.2) is 0 Å². The topological polar surface area (TPSA) is 17.1 Å². The lowest BCUT2D eigenvalue weighted by atomic mass is 9.98. The van der Waals surface area contributed by atoms with Crippen molar-refractivity contribution in [3.63, 3.8) is 0 Å². The lowest BCUT2D eigenvalue weighted by molar-refractivity contribution is -0.137.